The number of benzene rings is 1. The van der Waals surface area contributed by atoms with Gasteiger partial charge < -0.3 is 10.1 Å². The van der Waals surface area contributed by atoms with Gasteiger partial charge in [0.2, 0.25) is 5.91 Å². The molecule has 0 aliphatic carbocycles. The van der Waals surface area contributed by atoms with Crippen LogP contribution in [0.15, 0.2) is 24.3 Å². The van der Waals surface area contributed by atoms with Crippen molar-refractivity contribution in [1.82, 2.24) is 0 Å². The lowest BCUT2D eigenvalue weighted by atomic mass is 9.82. The first-order chi connectivity index (χ1) is 8.57. The van der Waals surface area contributed by atoms with Crippen molar-refractivity contribution < 1.29 is 14.3 Å². The Morgan fingerprint density at radius 1 is 1.28 bits per heavy atom. The van der Waals surface area contributed by atoms with Crippen molar-refractivity contribution in [3.63, 3.8) is 0 Å². The Labute approximate surface area is 106 Å². The number of carbonyl (C=O) groups is 2. The van der Waals surface area contributed by atoms with Crippen molar-refractivity contribution in [1.29, 1.82) is 0 Å². The van der Waals surface area contributed by atoms with Crippen LogP contribution in [0.25, 0.3) is 0 Å². The molecule has 1 fully saturated rings. The average Bonchev–Trinajstić information content (AvgIpc) is 2.29. The Kier molecular flexibility index (Phi) is 3.48. The molecular weight excluding hydrogens is 230 g/mol. The molecule has 1 aliphatic rings. The molecule has 0 spiro atoms. The second-order valence-corrected chi connectivity index (χ2v) is 4.71. The van der Waals surface area contributed by atoms with Gasteiger partial charge in [0.05, 0.1) is 18.6 Å². The summed E-state index contributed by atoms with van der Waals surface area (Å²) in [6, 6.07) is 6.93. The summed E-state index contributed by atoms with van der Waals surface area (Å²) < 4.78 is 5.13. The largest absolute Gasteiger partial charge is 0.379 e. The van der Waals surface area contributed by atoms with E-state index in [1.807, 2.05) is 6.92 Å². The minimum Gasteiger partial charge on any atom is -0.379 e. The van der Waals surface area contributed by atoms with Gasteiger partial charge in [0.15, 0.2) is 5.78 Å². The van der Waals surface area contributed by atoms with E-state index >= 15 is 0 Å². The Balaban J connectivity index is 2.05. The van der Waals surface area contributed by atoms with Gasteiger partial charge in [-0.15, -0.1) is 0 Å². The maximum absolute atomic E-state index is 12.1. The topological polar surface area (TPSA) is 55.4 Å². The second-order valence-electron chi connectivity index (χ2n) is 4.71. The van der Waals surface area contributed by atoms with E-state index < -0.39 is 0 Å². The van der Waals surface area contributed by atoms with E-state index in [1.165, 1.54) is 6.92 Å². The first-order valence-corrected chi connectivity index (χ1v) is 6.07. The molecule has 1 heterocycles. The highest BCUT2D eigenvalue weighted by atomic mass is 16.5. The molecule has 0 radical (unpaired) electrons. The van der Waals surface area contributed by atoms with Gasteiger partial charge in [-0.05, 0) is 37.6 Å². The van der Waals surface area contributed by atoms with Gasteiger partial charge in [-0.1, -0.05) is 6.92 Å². The Hall–Kier alpha value is -1.68. The van der Waals surface area contributed by atoms with Crippen molar-refractivity contribution in [2.24, 2.45) is 5.41 Å². The van der Waals surface area contributed by atoms with Crippen LogP contribution in [-0.2, 0) is 9.53 Å². The number of hydrogen-bond donors (Lipinski definition) is 1. The number of carbonyl (C=O) groups excluding carboxylic acids is 2. The fourth-order valence-electron chi connectivity index (χ4n) is 1.90. The zero-order valence-electron chi connectivity index (χ0n) is 10.7. The number of nitrogens with one attached hydrogen (secondary N) is 1. The maximum Gasteiger partial charge on any atom is 0.235 e. The molecular formula is C14H17NO3. The molecule has 2 rings (SSSR count). The van der Waals surface area contributed by atoms with Crippen LogP contribution in [0.3, 0.4) is 0 Å². The summed E-state index contributed by atoms with van der Waals surface area (Å²) >= 11 is 0. The monoisotopic (exact) mass is 247 g/mol. The summed E-state index contributed by atoms with van der Waals surface area (Å²) in [5, 5.41) is 2.87. The third-order valence-corrected chi connectivity index (χ3v) is 3.46. The fourth-order valence-corrected chi connectivity index (χ4v) is 1.90. The molecule has 4 heteroatoms. The highest BCUT2D eigenvalue weighted by molar-refractivity contribution is 5.97. The maximum atomic E-state index is 12.1. The zero-order chi connectivity index (χ0) is 13.2. The predicted octanol–water partition coefficient (Wildman–Crippen LogP) is 2.25. The predicted molar refractivity (Wildman–Crippen MR) is 68.6 cm³/mol. The van der Waals surface area contributed by atoms with Gasteiger partial charge in [-0.25, -0.2) is 0 Å². The van der Waals surface area contributed by atoms with Crippen molar-refractivity contribution in [3.05, 3.63) is 29.8 Å². The lowest BCUT2D eigenvalue weighted by Gasteiger charge is -2.38. The third kappa shape index (κ3) is 2.29. The number of Topliss-reactive ketones (excluding diaryl/α,β-unsaturated/α-hetero) is 1. The molecule has 0 atom stereocenters. The Morgan fingerprint density at radius 3 is 2.28 bits per heavy atom. The van der Waals surface area contributed by atoms with Crippen molar-refractivity contribution in [2.45, 2.75) is 20.3 Å². The summed E-state index contributed by atoms with van der Waals surface area (Å²) in [5.74, 6) is 0.0112. The first kappa shape index (κ1) is 12.8. The van der Waals surface area contributed by atoms with Gasteiger partial charge in [-0.2, -0.15) is 0 Å². The van der Waals surface area contributed by atoms with Crippen molar-refractivity contribution in [2.75, 3.05) is 18.5 Å². The van der Waals surface area contributed by atoms with E-state index in [4.69, 9.17) is 4.74 Å². The highest BCUT2D eigenvalue weighted by Crippen LogP contribution is 2.32. The minimum atomic E-state index is -0.376. The molecule has 0 aromatic heterocycles. The molecule has 4 nitrogen and oxygen atoms in total. The molecule has 0 unspecified atom stereocenters. The van der Waals surface area contributed by atoms with Crippen LogP contribution in [0.5, 0.6) is 0 Å². The third-order valence-electron chi connectivity index (χ3n) is 3.46. The molecule has 1 aliphatic heterocycles. The standard InChI is InChI=1S/C14H17NO3/c1-3-14(8-18-9-14)13(17)15-12-6-4-11(5-7-12)10(2)16/h4-7H,3,8-9H2,1-2H3,(H,15,17). The van der Waals surface area contributed by atoms with Crippen LogP contribution in [0.1, 0.15) is 30.6 Å². The van der Waals surface area contributed by atoms with Crippen LogP contribution in [0.4, 0.5) is 5.69 Å². The van der Waals surface area contributed by atoms with Crippen LogP contribution in [-0.4, -0.2) is 24.9 Å². The van der Waals surface area contributed by atoms with Crippen LogP contribution in [0, 0.1) is 5.41 Å². The first-order valence-electron chi connectivity index (χ1n) is 6.07. The lowest BCUT2D eigenvalue weighted by molar-refractivity contribution is -0.156. The Morgan fingerprint density at radius 2 is 1.89 bits per heavy atom. The van der Waals surface area contributed by atoms with Crippen LogP contribution >= 0.6 is 0 Å². The quantitative estimate of drug-likeness (QED) is 0.830. The molecule has 1 N–H and O–H groups in total. The van der Waals surface area contributed by atoms with Gasteiger partial charge in [-0.3, -0.25) is 9.59 Å². The van der Waals surface area contributed by atoms with Gasteiger partial charge in [0, 0.05) is 11.3 Å². The molecule has 96 valence electrons. The fraction of sp³-hybridized carbons (Fsp3) is 0.429. The van der Waals surface area contributed by atoms with Gasteiger partial charge in [0.1, 0.15) is 0 Å². The number of anilines is 1. The lowest BCUT2D eigenvalue weighted by Crippen LogP contribution is -2.51. The van der Waals surface area contributed by atoms with E-state index in [2.05, 4.69) is 5.32 Å². The number of ether oxygens (including phenoxy) is 1. The molecule has 1 aromatic rings. The number of amides is 1. The molecule has 0 bridgehead atoms. The minimum absolute atomic E-state index is 0.00757. The summed E-state index contributed by atoms with van der Waals surface area (Å²) in [7, 11) is 0. The van der Waals surface area contributed by atoms with Gasteiger partial charge >= 0.3 is 0 Å². The summed E-state index contributed by atoms with van der Waals surface area (Å²) in [6.45, 7) is 4.48. The SMILES string of the molecule is CCC1(C(=O)Nc2ccc(C(C)=O)cc2)COC1. The van der Waals surface area contributed by atoms with Crippen LogP contribution in [0.2, 0.25) is 0 Å². The second kappa shape index (κ2) is 4.90. The van der Waals surface area contributed by atoms with Crippen molar-refractivity contribution in [3.8, 4) is 0 Å². The summed E-state index contributed by atoms with van der Waals surface area (Å²) in [6.07, 6.45) is 0.768. The zero-order valence-corrected chi connectivity index (χ0v) is 10.7. The molecule has 1 saturated heterocycles. The summed E-state index contributed by atoms with van der Waals surface area (Å²) in [4.78, 5) is 23.2. The average molecular weight is 247 g/mol. The number of ketones is 1. The van der Waals surface area contributed by atoms with E-state index in [0.29, 0.717) is 24.5 Å². The molecule has 0 saturated carbocycles. The number of hydrogen-bond acceptors (Lipinski definition) is 3. The van der Waals surface area contributed by atoms with E-state index in [-0.39, 0.29) is 17.1 Å². The van der Waals surface area contributed by atoms with E-state index in [1.54, 1.807) is 24.3 Å². The molecule has 18 heavy (non-hydrogen) atoms. The Bertz CT molecular complexity index is 455. The van der Waals surface area contributed by atoms with E-state index in [0.717, 1.165) is 6.42 Å². The van der Waals surface area contributed by atoms with Crippen molar-refractivity contribution >= 4 is 17.4 Å². The van der Waals surface area contributed by atoms with Gasteiger partial charge in [0.25, 0.3) is 0 Å². The molecule has 1 aromatic carbocycles. The molecule has 1 amide bonds. The van der Waals surface area contributed by atoms with Crippen LogP contribution < -0.4 is 5.32 Å². The van der Waals surface area contributed by atoms with E-state index in [9.17, 15) is 9.59 Å². The smallest absolute Gasteiger partial charge is 0.235 e. The summed E-state index contributed by atoms with van der Waals surface area (Å²) in [5.41, 5.74) is 0.981. The number of rotatable bonds is 4. The normalized spacial score (nSPS) is 16.8. The highest BCUT2D eigenvalue weighted by Gasteiger charge is 2.44.